The Bertz CT molecular complexity index is 550. The molecule has 0 fully saturated rings. The van der Waals surface area contributed by atoms with Crippen molar-refractivity contribution in [3.8, 4) is 0 Å². The van der Waals surface area contributed by atoms with Crippen LogP contribution in [-0.2, 0) is 19.5 Å². The lowest BCUT2D eigenvalue weighted by Crippen LogP contribution is -2.29. The van der Waals surface area contributed by atoms with Crippen LogP contribution in [0.2, 0.25) is 0 Å². The summed E-state index contributed by atoms with van der Waals surface area (Å²) in [6.45, 7) is 6.38. The Labute approximate surface area is 124 Å². The normalized spacial score (nSPS) is 15.1. The van der Waals surface area contributed by atoms with E-state index >= 15 is 0 Å². The number of anilines is 1. The molecule has 0 radical (unpaired) electrons. The SMILES string of the molecule is CCCNc1nc2c(s1)CN(Cc1ccccc1)CC2. The quantitative estimate of drug-likeness (QED) is 0.912. The number of nitrogens with zero attached hydrogens (tertiary/aromatic N) is 2. The molecule has 1 N–H and O–H groups in total. The molecule has 0 bridgehead atoms. The molecule has 1 aliphatic rings. The highest BCUT2D eigenvalue weighted by Crippen LogP contribution is 2.28. The number of rotatable bonds is 5. The summed E-state index contributed by atoms with van der Waals surface area (Å²) in [5.41, 5.74) is 2.70. The van der Waals surface area contributed by atoms with E-state index in [2.05, 4.69) is 47.5 Å². The first-order valence-corrected chi connectivity index (χ1v) is 8.15. The van der Waals surface area contributed by atoms with Gasteiger partial charge in [0.1, 0.15) is 0 Å². The Hall–Kier alpha value is -1.39. The second-order valence-corrected chi connectivity index (χ2v) is 6.35. The largest absolute Gasteiger partial charge is 0.362 e. The van der Waals surface area contributed by atoms with Crippen molar-refractivity contribution in [1.82, 2.24) is 9.88 Å². The molecule has 1 aromatic carbocycles. The van der Waals surface area contributed by atoms with Crippen LogP contribution in [0.3, 0.4) is 0 Å². The molecule has 3 rings (SSSR count). The Morgan fingerprint density at radius 3 is 2.95 bits per heavy atom. The van der Waals surface area contributed by atoms with E-state index in [1.165, 1.54) is 16.1 Å². The maximum atomic E-state index is 4.71. The van der Waals surface area contributed by atoms with E-state index in [-0.39, 0.29) is 0 Å². The van der Waals surface area contributed by atoms with E-state index in [4.69, 9.17) is 4.98 Å². The van der Waals surface area contributed by atoms with Gasteiger partial charge in [-0.05, 0) is 12.0 Å². The molecule has 1 aromatic heterocycles. The summed E-state index contributed by atoms with van der Waals surface area (Å²) in [6.07, 6.45) is 2.22. The summed E-state index contributed by atoms with van der Waals surface area (Å²) < 4.78 is 0. The van der Waals surface area contributed by atoms with Gasteiger partial charge in [0.15, 0.2) is 5.13 Å². The van der Waals surface area contributed by atoms with Crippen molar-refractivity contribution in [1.29, 1.82) is 0 Å². The zero-order chi connectivity index (χ0) is 13.8. The Morgan fingerprint density at radius 1 is 1.30 bits per heavy atom. The van der Waals surface area contributed by atoms with Crippen LogP contribution in [0.15, 0.2) is 30.3 Å². The first kappa shape index (κ1) is 13.6. The van der Waals surface area contributed by atoms with Gasteiger partial charge in [-0.25, -0.2) is 4.98 Å². The van der Waals surface area contributed by atoms with Gasteiger partial charge in [0.05, 0.1) is 5.69 Å². The summed E-state index contributed by atoms with van der Waals surface area (Å²) in [5, 5.41) is 4.50. The van der Waals surface area contributed by atoms with Gasteiger partial charge in [-0.3, -0.25) is 4.90 Å². The third-order valence-corrected chi connectivity index (χ3v) is 4.63. The number of aromatic nitrogens is 1. The Kier molecular flexibility index (Phi) is 4.33. The third-order valence-electron chi connectivity index (χ3n) is 3.59. The van der Waals surface area contributed by atoms with Gasteiger partial charge < -0.3 is 5.32 Å². The van der Waals surface area contributed by atoms with Crippen molar-refractivity contribution < 1.29 is 0 Å². The van der Waals surface area contributed by atoms with Gasteiger partial charge in [0, 0.05) is 37.5 Å². The lowest BCUT2D eigenvalue weighted by Gasteiger charge is -2.25. The summed E-state index contributed by atoms with van der Waals surface area (Å²) >= 11 is 1.83. The van der Waals surface area contributed by atoms with Crippen LogP contribution in [0.25, 0.3) is 0 Å². The summed E-state index contributed by atoms with van der Waals surface area (Å²) in [7, 11) is 0. The summed E-state index contributed by atoms with van der Waals surface area (Å²) in [5.74, 6) is 0. The zero-order valence-electron chi connectivity index (χ0n) is 11.9. The molecule has 0 atom stereocenters. The highest BCUT2D eigenvalue weighted by atomic mass is 32.1. The van der Waals surface area contributed by atoms with Crippen LogP contribution in [0.1, 0.15) is 29.5 Å². The third kappa shape index (κ3) is 3.19. The van der Waals surface area contributed by atoms with Crippen LogP contribution >= 0.6 is 11.3 Å². The number of hydrogen-bond acceptors (Lipinski definition) is 4. The van der Waals surface area contributed by atoms with E-state index in [1.54, 1.807) is 0 Å². The van der Waals surface area contributed by atoms with E-state index < -0.39 is 0 Å². The molecular formula is C16H21N3S. The molecule has 0 amide bonds. The van der Waals surface area contributed by atoms with Crippen LogP contribution in [0.5, 0.6) is 0 Å². The summed E-state index contributed by atoms with van der Waals surface area (Å²) in [4.78, 5) is 8.66. The van der Waals surface area contributed by atoms with Gasteiger partial charge >= 0.3 is 0 Å². The molecule has 0 unspecified atom stereocenters. The highest BCUT2D eigenvalue weighted by molar-refractivity contribution is 7.15. The predicted molar refractivity (Wildman–Crippen MR) is 85.2 cm³/mol. The van der Waals surface area contributed by atoms with E-state index in [0.29, 0.717) is 0 Å². The first-order valence-electron chi connectivity index (χ1n) is 7.34. The van der Waals surface area contributed by atoms with Crippen molar-refractivity contribution in [3.63, 3.8) is 0 Å². The smallest absolute Gasteiger partial charge is 0.183 e. The van der Waals surface area contributed by atoms with Gasteiger partial charge in [-0.1, -0.05) is 37.3 Å². The van der Waals surface area contributed by atoms with Gasteiger partial charge in [0.2, 0.25) is 0 Å². The van der Waals surface area contributed by atoms with Crippen LogP contribution in [-0.4, -0.2) is 23.0 Å². The Balaban J connectivity index is 1.64. The molecule has 3 nitrogen and oxygen atoms in total. The zero-order valence-corrected chi connectivity index (χ0v) is 12.7. The summed E-state index contributed by atoms with van der Waals surface area (Å²) in [6, 6.07) is 10.7. The number of thiazole rings is 1. The Morgan fingerprint density at radius 2 is 2.15 bits per heavy atom. The number of fused-ring (bicyclic) bond motifs is 1. The maximum absolute atomic E-state index is 4.71. The molecule has 2 heterocycles. The monoisotopic (exact) mass is 287 g/mol. The molecule has 106 valence electrons. The lowest BCUT2D eigenvalue weighted by atomic mass is 10.1. The van der Waals surface area contributed by atoms with Crippen molar-refractivity contribution >= 4 is 16.5 Å². The van der Waals surface area contributed by atoms with Crippen molar-refractivity contribution in [3.05, 3.63) is 46.5 Å². The number of nitrogens with one attached hydrogen (secondary N) is 1. The molecule has 20 heavy (non-hydrogen) atoms. The molecule has 0 saturated heterocycles. The minimum Gasteiger partial charge on any atom is -0.362 e. The average molecular weight is 287 g/mol. The van der Waals surface area contributed by atoms with E-state index in [0.717, 1.165) is 44.2 Å². The van der Waals surface area contributed by atoms with Crippen molar-refractivity contribution in [2.75, 3.05) is 18.4 Å². The van der Waals surface area contributed by atoms with Crippen molar-refractivity contribution in [2.45, 2.75) is 32.9 Å². The number of hydrogen-bond donors (Lipinski definition) is 1. The number of benzene rings is 1. The van der Waals surface area contributed by atoms with Crippen LogP contribution in [0, 0.1) is 0 Å². The van der Waals surface area contributed by atoms with E-state index in [9.17, 15) is 0 Å². The molecule has 0 aliphatic carbocycles. The predicted octanol–water partition coefficient (Wildman–Crippen LogP) is 3.52. The fourth-order valence-corrected chi connectivity index (χ4v) is 3.61. The van der Waals surface area contributed by atoms with Gasteiger partial charge in [-0.15, -0.1) is 11.3 Å². The molecule has 4 heteroatoms. The fourth-order valence-electron chi connectivity index (χ4n) is 2.53. The minimum atomic E-state index is 1.01. The standard InChI is InChI=1S/C16H21N3S/c1-2-9-17-16-18-14-8-10-19(12-15(14)20-16)11-13-6-4-3-5-7-13/h3-7H,2,8-12H2,1H3,(H,17,18). The molecule has 0 saturated carbocycles. The fraction of sp³-hybridized carbons (Fsp3) is 0.438. The van der Waals surface area contributed by atoms with E-state index in [1.807, 2.05) is 11.3 Å². The maximum Gasteiger partial charge on any atom is 0.183 e. The van der Waals surface area contributed by atoms with Gasteiger partial charge in [0.25, 0.3) is 0 Å². The van der Waals surface area contributed by atoms with Crippen molar-refractivity contribution in [2.24, 2.45) is 0 Å². The molecule has 2 aromatic rings. The highest BCUT2D eigenvalue weighted by Gasteiger charge is 2.20. The topological polar surface area (TPSA) is 28.2 Å². The average Bonchev–Trinajstić information content (AvgIpc) is 2.88. The molecule has 1 aliphatic heterocycles. The second kappa shape index (κ2) is 6.37. The van der Waals surface area contributed by atoms with Crippen LogP contribution < -0.4 is 5.32 Å². The first-order chi connectivity index (χ1) is 9.85. The molecule has 0 spiro atoms. The minimum absolute atomic E-state index is 1.01. The lowest BCUT2D eigenvalue weighted by molar-refractivity contribution is 0.247. The van der Waals surface area contributed by atoms with Crippen LogP contribution in [0.4, 0.5) is 5.13 Å². The second-order valence-electron chi connectivity index (χ2n) is 5.26. The van der Waals surface area contributed by atoms with Gasteiger partial charge in [-0.2, -0.15) is 0 Å². The molecular weight excluding hydrogens is 266 g/mol.